The number of nitrogens with two attached hydrogens (primary N) is 1. The van der Waals surface area contributed by atoms with Gasteiger partial charge in [-0.15, -0.1) is 10.2 Å². The molecule has 0 atom stereocenters. The number of ether oxygens (including phenoxy) is 1. The number of rotatable bonds is 5. The van der Waals surface area contributed by atoms with Crippen LogP contribution in [-0.2, 0) is 11.2 Å². The Hall–Kier alpha value is -1.66. The normalized spacial score (nSPS) is 9.85. The summed E-state index contributed by atoms with van der Waals surface area (Å²) in [6, 6.07) is 0. The minimum absolute atomic E-state index is 0.340. The van der Waals surface area contributed by atoms with Gasteiger partial charge in [-0.1, -0.05) is 5.21 Å². The number of nitrogens with zero attached hydrogens (tertiary/aromatic N) is 3. The lowest BCUT2D eigenvalue weighted by Gasteiger charge is -1.98. The van der Waals surface area contributed by atoms with Crippen LogP contribution < -0.4 is 5.73 Å². The summed E-state index contributed by atoms with van der Waals surface area (Å²) in [4.78, 5) is 10.2. The van der Waals surface area contributed by atoms with Crippen LogP contribution in [0.25, 0.3) is 0 Å². The van der Waals surface area contributed by atoms with Gasteiger partial charge in [0.1, 0.15) is 0 Å². The van der Waals surface area contributed by atoms with E-state index in [1.165, 1.54) is 0 Å². The zero-order valence-corrected chi connectivity index (χ0v) is 7.06. The fraction of sp³-hybridized carbons (Fsp3) is 0.667. The van der Waals surface area contributed by atoms with E-state index in [-0.39, 0.29) is 0 Å². The average Bonchev–Trinajstić information content (AvgIpc) is 2.55. The molecule has 0 aliphatic carbocycles. The second kappa shape index (κ2) is 5.07. The molecule has 0 bridgehead atoms. The highest BCUT2D eigenvalue weighted by molar-refractivity contribution is 5.64. The van der Waals surface area contributed by atoms with Crippen molar-refractivity contribution < 1.29 is 9.53 Å². The molecule has 7 nitrogen and oxygen atoms in total. The number of primary amides is 1. The summed E-state index contributed by atoms with van der Waals surface area (Å²) in [6.45, 7) is 0.340. The largest absolute Gasteiger partial charge is 0.450 e. The van der Waals surface area contributed by atoms with Crippen molar-refractivity contribution in [3.05, 3.63) is 5.82 Å². The van der Waals surface area contributed by atoms with Crippen LogP contribution in [0.2, 0.25) is 0 Å². The molecule has 0 saturated heterocycles. The number of carbonyl (C=O) groups excluding carboxylic acids is 1. The van der Waals surface area contributed by atoms with Gasteiger partial charge < -0.3 is 10.5 Å². The predicted octanol–water partition coefficient (Wildman–Crippen LogP) is -0.382. The molecule has 1 amide bonds. The van der Waals surface area contributed by atoms with Crippen LogP contribution >= 0.6 is 0 Å². The Morgan fingerprint density at radius 2 is 2.38 bits per heavy atom. The highest BCUT2D eigenvalue weighted by Gasteiger charge is 1.98. The van der Waals surface area contributed by atoms with E-state index in [0.717, 1.165) is 19.3 Å². The summed E-state index contributed by atoms with van der Waals surface area (Å²) in [6.07, 6.45) is 1.57. The molecule has 0 saturated carbocycles. The highest BCUT2D eigenvalue weighted by Crippen LogP contribution is 1.96. The Bertz CT molecular complexity index is 248. The molecule has 1 aromatic rings. The highest BCUT2D eigenvalue weighted by atomic mass is 16.5. The minimum atomic E-state index is -0.737. The molecule has 0 fully saturated rings. The Morgan fingerprint density at radius 3 is 3.00 bits per heavy atom. The van der Waals surface area contributed by atoms with Crippen molar-refractivity contribution in [1.29, 1.82) is 0 Å². The molecule has 1 aromatic heterocycles. The van der Waals surface area contributed by atoms with Crippen LogP contribution in [-0.4, -0.2) is 33.3 Å². The first-order valence-electron chi connectivity index (χ1n) is 3.93. The zero-order chi connectivity index (χ0) is 9.52. The number of aryl methyl sites for hydroxylation is 1. The molecular weight excluding hydrogens is 174 g/mol. The summed E-state index contributed by atoms with van der Waals surface area (Å²) in [5.74, 6) is 0.666. The van der Waals surface area contributed by atoms with Crippen molar-refractivity contribution in [1.82, 2.24) is 20.6 Å². The van der Waals surface area contributed by atoms with Gasteiger partial charge in [0.15, 0.2) is 5.82 Å². The molecule has 1 heterocycles. The van der Waals surface area contributed by atoms with Crippen molar-refractivity contribution in [2.45, 2.75) is 19.3 Å². The molecule has 0 aliphatic rings. The first-order chi connectivity index (χ1) is 6.29. The molecule has 7 heteroatoms. The SMILES string of the molecule is NC(=O)OCCCCc1nn[nH]n1. The number of amides is 1. The van der Waals surface area contributed by atoms with E-state index in [9.17, 15) is 4.79 Å². The third kappa shape index (κ3) is 4.04. The van der Waals surface area contributed by atoms with Crippen LogP contribution in [0.5, 0.6) is 0 Å². The Balaban J connectivity index is 1.99. The first kappa shape index (κ1) is 9.43. The lowest BCUT2D eigenvalue weighted by atomic mass is 10.2. The smallest absolute Gasteiger partial charge is 0.404 e. The number of hydrogen-bond acceptors (Lipinski definition) is 5. The maximum Gasteiger partial charge on any atom is 0.404 e. The van der Waals surface area contributed by atoms with Crippen molar-refractivity contribution in [2.75, 3.05) is 6.61 Å². The number of hydrogen-bond donors (Lipinski definition) is 2. The summed E-state index contributed by atoms with van der Waals surface area (Å²) in [7, 11) is 0. The monoisotopic (exact) mass is 185 g/mol. The van der Waals surface area contributed by atoms with E-state index in [4.69, 9.17) is 5.73 Å². The lowest BCUT2D eigenvalue weighted by Crippen LogP contribution is -2.13. The second-order valence-electron chi connectivity index (χ2n) is 2.45. The van der Waals surface area contributed by atoms with Crippen LogP contribution in [0.1, 0.15) is 18.7 Å². The van der Waals surface area contributed by atoms with Gasteiger partial charge in [0, 0.05) is 6.42 Å². The van der Waals surface area contributed by atoms with Gasteiger partial charge in [-0.3, -0.25) is 0 Å². The van der Waals surface area contributed by atoms with Crippen molar-refractivity contribution >= 4 is 6.09 Å². The molecule has 0 radical (unpaired) electrons. The van der Waals surface area contributed by atoms with E-state index in [0.29, 0.717) is 12.4 Å². The molecular formula is C6H11N5O2. The number of aromatic amines is 1. The minimum Gasteiger partial charge on any atom is -0.450 e. The number of H-pyrrole nitrogens is 1. The fourth-order valence-corrected chi connectivity index (χ4v) is 0.846. The van der Waals surface area contributed by atoms with Gasteiger partial charge in [0.2, 0.25) is 0 Å². The number of aromatic nitrogens is 4. The van der Waals surface area contributed by atoms with Crippen molar-refractivity contribution in [3.63, 3.8) is 0 Å². The topological polar surface area (TPSA) is 107 Å². The van der Waals surface area contributed by atoms with Crippen LogP contribution in [0, 0.1) is 0 Å². The number of unbranched alkanes of at least 4 members (excludes halogenated alkanes) is 1. The maximum atomic E-state index is 10.2. The zero-order valence-electron chi connectivity index (χ0n) is 7.06. The van der Waals surface area contributed by atoms with Gasteiger partial charge in [0.25, 0.3) is 0 Å². The average molecular weight is 185 g/mol. The molecule has 0 aliphatic heterocycles. The van der Waals surface area contributed by atoms with Gasteiger partial charge in [-0.05, 0) is 12.8 Å². The quantitative estimate of drug-likeness (QED) is 0.608. The van der Waals surface area contributed by atoms with Gasteiger partial charge >= 0.3 is 6.09 Å². The van der Waals surface area contributed by atoms with Gasteiger partial charge in [0.05, 0.1) is 6.61 Å². The second-order valence-corrected chi connectivity index (χ2v) is 2.45. The van der Waals surface area contributed by atoms with Gasteiger partial charge in [-0.2, -0.15) is 5.21 Å². The molecule has 72 valence electrons. The van der Waals surface area contributed by atoms with Crippen LogP contribution in [0.3, 0.4) is 0 Å². The summed E-state index contributed by atoms with van der Waals surface area (Å²) in [5, 5.41) is 13.3. The first-order valence-corrected chi connectivity index (χ1v) is 3.93. The molecule has 0 aromatic carbocycles. The number of nitrogens with one attached hydrogen (secondary N) is 1. The van der Waals surface area contributed by atoms with Crippen LogP contribution in [0.4, 0.5) is 4.79 Å². The van der Waals surface area contributed by atoms with Crippen LogP contribution in [0.15, 0.2) is 0 Å². The van der Waals surface area contributed by atoms with E-state index < -0.39 is 6.09 Å². The predicted molar refractivity (Wildman–Crippen MR) is 42.7 cm³/mol. The molecule has 3 N–H and O–H groups in total. The molecule has 0 unspecified atom stereocenters. The maximum absolute atomic E-state index is 10.2. The summed E-state index contributed by atoms with van der Waals surface area (Å²) >= 11 is 0. The van der Waals surface area contributed by atoms with E-state index in [2.05, 4.69) is 25.4 Å². The Kier molecular flexibility index (Phi) is 3.68. The van der Waals surface area contributed by atoms with E-state index in [1.54, 1.807) is 0 Å². The van der Waals surface area contributed by atoms with E-state index >= 15 is 0 Å². The molecule has 1 rings (SSSR count). The van der Waals surface area contributed by atoms with E-state index in [1.807, 2.05) is 0 Å². The fourth-order valence-electron chi connectivity index (χ4n) is 0.846. The Morgan fingerprint density at radius 1 is 1.54 bits per heavy atom. The summed E-state index contributed by atoms with van der Waals surface area (Å²) < 4.78 is 4.54. The van der Waals surface area contributed by atoms with Gasteiger partial charge in [-0.25, -0.2) is 4.79 Å². The lowest BCUT2D eigenvalue weighted by molar-refractivity contribution is 0.154. The molecule has 0 spiro atoms. The summed E-state index contributed by atoms with van der Waals surface area (Å²) in [5.41, 5.74) is 4.77. The Labute approximate surface area is 74.6 Å². The third-order valence-electron chi connectivity index (χ3n) is 1.43. The third-order valence-corrected chi connectivity index (χ3v) is 1.43. The number of carbonyl (C=O) groups is 1. The molecule has 13 heavy (non-hydrogen) atoms. The van der Waals surface area contributed by atoms with Crippen molar-refractivity contribution in [2.24, 2.45) is 5.73 Å². The van der Waals surface area contributed by atoms with Crippen molar-refractivity contribution in [3.8, 4) is 0 Å². The number of tetrazole rings is 1. The standard InChI is InChI=1S/C6H11N5O2/c7-6(12)13-4-2-1-3-5-8-10-11-9-5/h1-4H2,(H2,7,12)(H,8,9,10,11).